The number of para-hydroxylation sites is 1. The highest BCUT2D eigenvalue weighted by molar-refractivity contribution is 6.01. The lowest BCUT2D eigenvalue weighted by atomic mass is 10.1. The maximum absolute atomic E-state index is 12.9. The van der Waals surface area contributed by atoms with Gasteiger partial charge in [0.2, 0.25) is 11.8 Å². The molecule has 2 atom stereocenters. The van der Waals surface area contributed by atoms with Crippen LogP contribution in [0.15, 0.2) is 24.3 Å². The van der Waals surface area contributed by atoms with Crippen molar-refractivity contribution >= 4 is 17.5 Å². The first-order chi connectivity index (χ1) is 10.5. The summed E-state index contributed by atoms with van der Waals surface area (Å²) in [6.07, 6.45) is 1.26. The molecule has 2 aliphatic rings. The Morgan fingerprint density at radius 1 is 1.27 bits per heavy atom. The topological polar surface area (TPSA) is 40.6 Å². The minimum absolute atomic E-state index is 0.108. The molecule has 0 unspecified atom stereocenters. The van der Waals surface area contributed by atoms with E-state index in [4.69, 9.17) is 0 Å². The van der Waals surface area contributed by atoms with E-state index in [0.717, 1.165) is 18.7 Å². The first-order valence-electron chi connectivity index (χ1n) is 8.16. The Hall–Kier alpha value is -1.84. The standard InChI is InChI=1S/C18H24N2O2/c1-12(2)10-19-11-15(9-17(19)21)18(22)20-13(3)8-14-6-4-5-7-16(14)20/h4-7,12-13,15H,8-11H2,1-3H3/t13-,15+/m0/s1. The molecular formula is C18H24N2O2. The van der Waals surface area contributed by atoms with Crippen LogP contribution in [0.2, 0.25) is 0 Å². The number of hydrogen-bond donors (Lipinski definition) is 0. The number of likely N-dealkylation sites (tertiary alicyclic amines) is 1. The summed E-state index contributed by atoms with van der Waals surface area (Å²) in [7, 11) is 0. The summed E-state index contributed by atoms with van der Waals surface area (Å²) in [6.45, 7) is 7.60. The van der Waals surface area contributed by atoms with Gasteiger partial charge in [-0.05, 0) is 30.9 Å². The number of rotatable bonds is 3. The van der Waals surface area contributed by atoms with Gasteiger partial charge in [0.05, 0.1) is 5.92 Å². The Bertz CT molecular complexity index is 597. The molecule has 0 spiro atoms. The predicted octanol–water partition coefficient (Wildman–Crippen LogP) is 2.47. The maximum atomic E-state index is 12.9. The molecule has 0 bridgehead atoms. The number of benzene rings is 1. The monoisotopic (exact) mass is 300 g/mol. The van der Waals surface area contributed by atoms with Crippen molar-refractivity contribution in [1.29, 1.82) is 0 Å². The Labute approximate surface area is 132 Å². The Morgan fingerprint density at radius 2 is 2.00 bits per heavy atom. The van der Waals surface area contributed by atoms with Gasteiger partial charge in [0.25, 0.3) is 0 Å². The minimum Gasteiger partial charge on any atom is -0.342 e. The van der Waals surface area contributed by atoms with Gasteiger partial charge in [0.15, 0.2) is 0 Å². The SMILES string of the molecule is CC(C)CN1C[C@H](C(=O)N2c3ccccc3C[C@@H]2C)CC1=O. The summed E-state index contributed by atoms with van der Waals surface area (Å²) in [4.78, 5) is 28.8. The van der Waals surface area contributed by atoms with E-state index in [0.29, 0.717) is 18.9 Å². The van der Waals surface area contributed by atoms with Gasteiger partial charge in [-0.25, -0.2) is 0 Å². The quantitative estimate of drug-likeness (QED) is 0.860. The molecule has 4 heteroatoms. The summed E-state index contributed by atoms with van der Waals surface area (Å²) in [6, 6.07) is 8.27. The average molecular weight is 300 g/mol. The minimum atomic E-state index is -0.195. The number of amides is 2. The highest BCUT2D eigenvalue weighted by Crippen LogP contribution is 2.34. The van der Waals surface area contributed by atoms with Gasteiger partial charge in [-0.15, -0.1) is 0 Å². The third kappa shape index (κ3) is 2.62. The van der Waals surface area contributed by atoms with Gasteiger partial charge in [-0.1, -0.05) is 32.0 Å². The van der Waals surface area contributed by atoms with Gasteiger partial charge >= 0.3 is 0 Å². The van der Waals surface area contributed by atoms with E-state index >= 15 is 0 Å². The molecule has 3 rings (SSSR count). The first kappa shape index (κ1) is 15.1. The third-order valence-electron chi connectivity index (χ3n) is 4.59. The Kier molecular flexibility index (Phi) is 3.94. The van der Waals surface area contributed by atoms with Crippen molar-refractivity contribution in [3.05, 3.63) is 29.8 Å². The molecule has 1 aromatic rings. The molecule has 0 saturated carbocycles. The second-order valence-electron chi connectivity index (χ2n) is 6.98. The molecular weight excluding hydrogens is 276 g/mol. The molecule has 0 aliphatic carbocycles. The van der Waals surface area contributed by atoms with Crippen LogP contribution < -0.4 is 4.90 Å². The average Bonchev–Trinajstić information content (AvgIpc) is 2.97. The van der Waals surface area contributed by atoms with E-state index in [-0.39, 0.29) is 23.8 Å². The van der Waals surface area contributed by atoms with Crippen LogP contribution in [0.4, 0.5) is 5.69 Å². The molecule has 22 heavy (non-hydrogen) atoms. The molecule has 0 N–H and O–H groups in total. The van der Waals surface area contributed by atoms with Crippen LogP contribution >= 0.6 is 0 Å². The second kappa shape index (κ2) is 5.75. The smallest absolute Gasteiger partial charge is 0.232 e. The van der Waals surface area contributed by atoms with E-state index in [1.54, 1.807) is 0 Å². The summed E-state index contributed by atoms with van der Waals surface area (Å²) in [5.41, 5.74) is 2.25. The second-order valence-corrected chi connectivity index (χ2v) is 6.98. The molecule has 4 nitrogen and oxygen atoms in total. The van der Waals surface area contributed by atoms with Crippen LogP contribution in [-0.2, 0) is 16.0 Å². The number of nitrogens with zero attached hydrogens (tertiary/aromatic N) is 2. The van der Waals surface area contributed by atoms with Crippen LogP contribution in [-0.4, -0.2) is 35.8 Å². The van der Waals surface area contributed by atoms with Crippen molar-refractivity contribution in [2.75, 3.05) is 18.0 Å². The van der Waals surface area contributed by atoms with Gasteiger partial charge in [0.1, 0.15) is 0 Å². The van der Waals surface area contributed by atoms with Crippen LogP contribution in [0.5, 0.6) is 0 Å². The summed E-state index contributed by atoms with van der Waals surface area (Å²) in [5.74, 6) is 0.466. The van der Waals surface area contributed by atoms with Gasteiger partial charge in [-0.2, -0.15) is 0 Å². The molecule has 1 saturated heterocycles. The highest BCUT2D eigenvalue weighted by Gasteiger charge is 2.40. The Morgan fingerprint density at radius 3 is 2.73 bits per heavy atom. The third-order valence-corrected chi connectivity index (χ3v) is 4.59. The van der Waals surface area contributed by atoms with Crippen molar-refractivity contribution in [3.63, 3.8) is 0 Å². The van der Waals surface area contributed by atoms with E-state index in [1.165, 1.54) is 5.56 Å². The van der Waals surface area contributed by atoms with Crippen LogP contribution in [0, 0.1) is 11.8 Å². The number of anilines is 1. The van der Waals surface area contributed by atoms with E-state index in [2.05, 4.69) is 26.8 Å². The molecule has 118 valence electrons. The summed E-state index contributed by atoms with van der Waals surface area (Å²) < 4.78 is 0. The zero-order valence-electron chi connectivity index (χ0n) is 13.6. The van der Waals surface area contributed by atoms with E-state index in [1.807, 2.05) is 28.0 Å². The molecule has 0 radical (unpaired) electrons. The fourth-order valence-corrected chi connectivity index (χ4v) is 3.65. The van der Waals surface area contributed by atoms with Crippen LogP contribution in [0.3, 0.4) is 0 Å². The van der Waals surface area contributed by atoms with Crippen LogP contribution in [0.1, 0.15) is 32.8 Å². The number of carbonyl (C=O) groups excluding carboxylic acids is 2. The van der Waals surface area contributed by atoms with Crippen molar-refractivity contribution in [2.24, 2.45) is 11.8 Å². The van der Waals surface area contributed by atoms with Crippen molar-refractivity contribution in [1.82, 2.24) is 4.90 Å². The van der Waals surface area contributed by atoms with E-state index in [9.17, 15) is 9.59 Å². The van der Waals surface area contributed by atoms with Crippen LogP contribution in [0.25, 0.3) is 0 Å². The lowest BCUT2D eigenvalue weighted by Crippen LogP contribution is -2.41. The Balaban J connectivity index is 1.76. The number of fused-ring (bicyclic) bond motifs is 1. The van der Waals surface area contributed by atoms with Gasteiger partial charge in [0, 0.05) is 31.2 Å². The fraction of sp³-hybridized carbons (Fsp3) is 0.556. The van der Waals surface area contributed by atoms with Crippen molar-refractivity contribution < 1.29 is 9.59 Å². The van der Waals surface area contributed by atoms with E-state index < -0.39 is 0 Å². The highest BCUT2D eigenvalue weighted by atomic mass is 16.2. The van der Waals surface area contributed by atoms with Crippen molar-refractivity contribution in [3.8, 4) is 0 Å². The number of carbonyl (C=O) groups is 2. The summed E-state index contributed by atoms with van der Waals surface area (Å²) >= 11 is 0. The summed E-state index contributed by atoms with van der Waals surface area (Å²) in [5, 5.41) is 0. The van der Waals surface area contributed by atoms with Gasteiger partial charge < -0.3 is 9.80 Å². The maximum Gasteiger partial charge on any atom is 0.232 e. The predicted molar refractivity (Wildman–Crippen MR) is 86.6 cm³/mol. The largest absolute Gasteiger partial charge is 0.342 e. The lowest BCUT2D eigenvalue weighted by Gasteiger charge is -2.26. The normalized spacial score (nSPS) is 24.3. The molecule has 0 aromatic heterocycles. The molecule has 1 aromatic carbocycles. The number of hydrogen-bond acceptors (Lipinski definition) is 2. The van der Waals surface area contributed by atoms with Crippen molar-refractivity contribution in [2.45, 2.75) is 39.7 Å². The zero-order valence-corrected chi connectivity index (χ0v) is 13.6. The fourth-order valence-electron chi connectivity index (χ4n) is 3.65. The lowest BCUT2D eigenvalue weighted by molar-refractivity contribution is -0.128. The first-order valence-corrected chi connectivity index (χ1v) is 8.16. The van der Waals surface area contributed by atoms with Gasteiger partial charge in [-0.3, -0.25) is 9.59 Å². The molecule has 2 amide bonds. The molecule has 1 fully saturated rings. The molecule has 2 heterocycles. The molecule has 2 aliphatic heterocycles. The zero-order chi connectivity index (χ0) is 15.9.